The van der Waals surface area contributed by atoms with Crippen molar-refractivity contribution in [2.24, 2.45) is 11.7 Å². The molecule has 0 saturated carbocycles. The SMILES string of the molecule is Cc1cc(C(N)=S)ccc1S(=O)(=O)N1CCC(C(C)O)C1. The summed E-state index contributed by atoms with van der Waals surface area (Å²) in [5, 5.41) is 9.61. The van der Waals surface area contributed by atoms with Crippen molar-refractivity contribution in [2.45, 2.75) is 31.3 Å². The van der Waals surface area contributed by atoms with Crippen LogP contribution >= 0.6 is 12.2 Å². The normalized spacial score (nSPS) is 21.4. The van der Waals surface area contributed by atoms with E-state index >= 15 is 0 Å². The van der Waals surface area contributed by atoms with Crippen LogP contribution in [-0.4, -0.2) is 42.0 Å². The van der Waals surface area contributed by atoms with Gasteiger partial charge in [0.15, 0.2) is 0 Å². The molecular formula is C14H20N2O3S2. The Morgan fingerprint density at radius 3 is 2.67 bits per heavy atom. The molecule has 21 heavy (non-hydrogen) atoms. The van der Waals surface area contributed by atoms with E-state index in [9.17, 15) is 13.5 Å². The van der Waals surface area contributed by atoms with Crippen molar-refractivity contribution >= 4 is 27.2 Å². The van der Waals surface area contributed by atoms with Gasteiger partial charge in [-0.1, -0.05) is 18.3 Å². The first-order valence-corrected chi connectivity index (χ1v) is 8.67. The molecular weight excluding hydrogens is 308 g/mol. The molecule has 2 rings (SSSR count). The first-order valence-electron chi connectivity index (χ1n) is 6.82. The van der Waals surface area contributed by atoms with Crippen LogP contribution in [0.3, 0.4) is 0 Å². The predicted octanol–water partition coefficient (Wildman–Crippen LogP) is 1.02. The third kappa shape index (κ3) is 3.26. The van der Waals surface area contributed by atoms with Gasteiger partial charge in [0.1, 0.15) is 4.99 Å². The van der Waals surface area contributed by atoms with Crippen molar-refractivity contribution in [3.8, 4) is 0 Å². The Balaban J connectivity index is 2.31. The van der Waals surface area contributed by atoms with E-state index in [2.05, 4.69) is 0 Å². The number of hydrogen-bond donors (Lipinski definition) is 2. The summed E-state index contributed by atoms with van der Waals surface area (Å²) in [5.74, 6) is -0.00373. The van der Waals surface area contributed by atoms with Crippen LogP contribution in [0.15, 0.2) is 23.1 Å². The fraction of sp³-hybridized carbons (Fsp3) is 0.500. The highest BCUT2D eigenvalue weighted by atomic mass is 32.2. The minimum absolute atomic E-state index is 0.00373. The molecule has 116 valence electrons. The van der Waals surface area contributed by atoms with Gasteiger partial charge in [0, 0.05) is 18.7 Å². The van der Waals surface area contributed by atoms with Crippen LogP contribution in [0.5, 0.6) is 0 Å². The lowest BCUT2D eigenvalue weighted by atomic mass is 10.0. The summed E-state index contributed by atoms with van der Waals surface area (Å²) in [7, 11) is -3.54. The molecule has 0 bridgehead atoms. The van der Waals surface area contributed by atoms with Gasteiger partial charge < -0.3 is 10.8 Å². The third-order valence-corrected chi connectivity index (χ3v) is 6.21. The largest absolute Gasteiger partial charge is 0.393 e. The van der Waals surface area contributed by atoms with Crippen molar-refractivity contribution in [1.82, 2.24) is 4.31 Å². The van der Waals surface area contributed by atoms with Crippen molar-refractivity contribution in [1.29, 1.82) is 0 Å². The lowest BCUT2D eigenvalue weighted by molar-refractivity contribution is 0.133. The molecule has 5 nitrogen and oxygen atoms in total. The maximum atomic E-state index is 12.7. The predicted molar refractivity (Wildman–Crippen MR) is 85.6 cm³/mol. The third-order valence-electron chi connectivity index (χ3n) is 3.95. The van der Waals surface area contributed by atoms with Gasteiger partial charge in [0.05, 0.1) is 11.0 Å². The molecule has 1 heterocycles. The fourth-order valence-corrected chi connectivity index (χ4v) is 4.44. The minimum atomic E-state index is -3.54. The maximum Gasteiger partial charge on any atom is 0.243 e. The second kappa shape index (κ2) is 6.00. The van der Waals surface area contributed by atoms with Crippen molar-refractivity contribution < 1.29 is 13.5 Å². The molecule has 2 atom stereocenters. The van der Waals surface area contributed by atoms with Gasteiger partial charge in [0.2, 0.25) is 10.0 Å². The van der Waals surface area contributed by atoms with Crippen LogP contribution < -0.4 is 5.73 Å². The molecule has 1 fully saturated rings. The van der Waals surface area contributed by atoms with Crippen molar-refractivity contribution in [3.05, 3.63) is 29.3 Å². The lowest BCUT2D eigenvalue weighted by Crippen LogP contribution is -2.31. The second-order valence-electron chi connectivity index (χ2n) is 5.50. The Labute approximate surface area is 130 Å². The van der Waals surface area contributed by atoms with E-state index in [0.29, 0.717) is 30.6 Å². The van der Waals surface area contributed by atoms with Gasteiger partial charge in [-0.05, 0) is 43.9 Å². The molecule has 0 aromatic heterocycles. The van der Waals surface area contributed by atoms with E-state index in [0.717, 1.165) is 0 Å². The van der Waals surface area contributed by atoms with Gasteiger partial charge in [-0.2, -0.15) is 4.31 Å². The summed E-state index contributed by atoms with van der Waals surface area (Å²) in [6.45, 7) is 4.23. The molecule has 0 spiro atoms. The highest BCUT2D eigenvalue weighted by molar-refractivity contribution is 7.89. The van der Waals surface area contributed by atoms with E-state index < -0.39 is 16.1 Å². The maximum absolute atomic E-state index is 12.7. The monoisotopic (exact) mass is 328 g/mol. The van der Waals surface area contributed by atoms with E-state index in [1.807, 2.05) is 0 Å². The zero-order chi connectivity index (χ0) is 15.8. The van der Waals surface area contributed by atoms with Crippen LogP contribution in [0, 0.1) is 12.8 Å². The highest BCUT2D eigenvalue weighted by Gasteiger charge is 2.35. The van der Waals surface area contributed by atoms with E-state index in [-0.39, 0.29) is 15.8 Å². The Bertz CT molecular complexity index is 656. The quantitative estimate of drug-likeness (QED) is 0.806. The number of sulfonamides is 1. The molecule has 1 saturated heterocycles. The zero-order valence-corrected chi connectivity index (χ0v) is 13.7. The Morgan fingerprint density at radius 2 is 2.19 bits per heavy atom. The molecule has 1 aromatic carbocycles. The number of aryl methyl sites for hydroxylation is 1. The number of aliphatic hydroxyl groups excluding tert-OH is 1. The highest BCUT2D eigenvalue weighted by Crippen LogP contribution is 2.28. The van der Waals surface area contributed by atoms with Gasteiger partial charge in [0.25, 0.3) is 0 Å². The van der Waals surface area contributed by atoms with E-state index in [1.165, 1.54) is 4.31 Å². The van der Waals surface area contributed by atoms with Crippen molar-refractivity contribution in [2.75, 3.05) is 13.1 Å². The summed E-state index contributed by atoms with van der Waals surface area (Å²) in [5.41, 5.74) is 6.84. The van der Waals surface area contributed by atoms with E-state index in [1.54, 1.807) is 32.0 Å². The van der Waals surface area contributed by atoms with Crippen LogP contribution in [0.25, 0.3) is 0 Å². The topological polar surface area (TPSA) is 83.6 Å². The molecule has 1 aromatic rings. The number of rotatable bonds is 4. The van der Waals surface area contributed by atoms with Crippen LogP contribution in [-0.2, 0) is 10.0 Å². The average Bonchev–Trinajstić information content (AvgIpc) is 2.88. The number of benzene rings is 1. The summed E-state index contributed by atoms with van der Waals surface area (Å²) in [6, 6.07) is 4.87. The Kier molecular flexibility index (Phi) is 4.67. The Morgan fingerprint density at radius 1 is 1.52 bits per heavy atom. The van der Waals surface area contributed by atoms with E-state index in [4.69, 9.17) is 18.0 Å². The van der Waals surface area contributed by atoms with Gasteiger partial charge in [-0.15, -0.1) is 0 Å². The molecule has 0 radical (unpaired) electrons. The number of thiocarbonyl (C=S) groups is 1. The molecule has 1 aliphatic rings. The summed E-state index contributed by atoms with van der Waals surface area (Å²) < 4.78 is 26.8. The first-order chi connectivity index (χ1) is 9.73. The van der Waals surface area contributed by atoms with Gasteiger partial charge in [-0.3, -0.25) is 0 Å². The van der Waals surface area contributed by atoms with Gasteiger partial charge in [-0.25, -0.2) is 8.42 Å². The molecule has 1 aliphatic heterocycles. The Hall–Kier alpha value is -1.02. The standard InChI is InChI=1S/C14H20N2O3S2/c1-9-7-11(14(15)20)3-4-13(9)21(18,19)16-6-5-12(8-16)10(2)17/h3-4,7,10,12,17H,5-6,8H2,1-2H3,(H2,15,20). The number of aliphatic hydroxyl groups is 1. The number of nitrogens with zero attached hydrogens (tertiary/aromatic N) is 1. The van der Waals surface area contributed by atoms with Crippen LogP contribution in [0.2, 0.25) is 0 Å². The summed E-state index contributed by atoms with van der Waals surface area (Å²) in [6.07, 6.45) is 0.185. The number of nitrogens with two attached hydrogens (primary N) is 1. The number of hydrogen-bond acceptors (Lipinski definition) is 4. The molecule has 0 aliphatic carbocycles. The molecule has 2 unspecified atom stereocenters. The summed E-state index contributed by atoms with van der Waals surface area (Å²) in [4.78, 5) is 0.520. The minimum Gasteiger partial charge on any atom is -0.393 e. The van der Waals surface area contributed by atoms with Gasteiger partial charge >= 0.3 is 0 Å². The van der Waals surface area contributed by atoms with Crippen molar-refractivity contribution in [3.63, 3.8) is 0 Å². The molecule has 7 heteroatoms. The molecule has 3 N–H and O–H groups in total. The molecule has 0 amide bonds. The van der Waals surface area contributed by atoms with Crippen LogP contribution in [0.1, 0.15) is 24.5 Å². The lowest BCUT2D eigenvalue weighted by Gasteiger charge is -2.19. The smallest absolute Gasteiger partial charge is 0.243 e. The zero-order valence-electron chi connectivity index (χ0n) is 12.1. The first kappa shape index (κ1) is 16.4. The fourth-order valence-electron chi connectivity index (χ4n) is 2.60. The van der Waals surface area contributed by atoms with Crippen LogP contribution in [0.4, 0.5) is 0 Å². The average molecular weight is 328 g/mol. The summed E-state index contributed by atoms with van der Waals surface area (Å²) >= 11 is 4.90. The second-order valence-corrected chi connectivity index (χ2v) is 7.84.